The van der Waals surface area contributed by atoms with Crippen molar-refractivity contribution >= 4 is 39.6 Å². The van der Waals surface area contributed by atoms with Crippen molar-refractivity contribution in [3.8, 4) is 11.3 Å². The van der Waals surface area contributed by atoms with E-state index < -0.39 is 0 Å². The first-order chi connectivity index (χ1) is 14.3. The minimum atomic E-state index is -0.262. The zero-order valence-electron chi connectivity index (χ0n) is 17.8. The number of primary amides is 1. The van der Waals surface area contributed by atoms with Crippen LogP contribution in [0, 0.1) is 13.8 Å². The molecule has 1 fully saturated rings. The van der Waals surface area contributed by atoms with E-state index in [0.717, 1.165) is 29.9 Å². The Balaban J connectivity index is 1.72. The number of amides is 1. The Morgan fingerprint density at radius 2 is 2.17 bits per heavy atom. The van der Waals surface area contributed by atoms with Crippen molar-refractivity contribution in [2.45, 2.75) is 39.5 Å². The van der Waals surface area contributed by atoms with E-state index in [2.05, 4.69) is 46.7 Å². The largest absolute Gasteiger partial charge is 0.390 e. The molecule has 0 atom stereocenters. The van der Waals surface area contributed by atoms with E-state index in [1.54, 1.807) is 0 Å². The van der Waals surface area contributed by atoms with Crippen LogP contribution in [-0.4, -0.2) is 46.7 Å². The van der Waals surface area contributed by atoms with Gasteiger partial charge in [-0.25, -0.2) is 9.98 Å². The van der Waals surface area contributed by atoms with Crippen LogP contribution in [0.3, 0.4) is 0 Å². The number of likely N-dealkylation sites (tertiary alicyclic amines) is 1. The number of hydrogen-bond acceptors (Lipinski definition) is 5. The van der Waals surface area contributed by atoms with E-state index in [-0.39, 0.29) is 5.91 Å². The lowest BCUT2D eigenvalue weighted by Crippen LogP contribution is -2.48. The summed E-state index contributed by atoms with van der Waals surface area (Å²) in [6, 6.07) is 2.11. The number of rotatable bonds is 6. The van der Waals surface area contributed by atoms with Crippen molar-refractivity contribution in [1.82, 2.24) is 14.9 Å². The number of nitrogens with one attached hydrogen (secondary N) is 1. The van der Waals surface area contributed by atoms with E-state index in [0.29, 0.717) is 24.2 Å². The molecule has 0 radical (unpaired) electrons. The summed E-state index contributed by atoms with van der Waals surface area (Å²) in [6.45, 7) is 10.8. The topological polar surface area (TPSA) is 113 Å². The molecule has 1 aliphatic heterocycles. The summed E-state index contributed by atoms with van der Waals surface area (Å²) in [5, 5.41) is 1.33. The number of fused-ring (bicyclic) bond motifs is 1. The van der Waals surface area contributed by atoms with E-state index in [1.807, 2.05) is 24.5 Å². The maximum absolute atomic E-state index is 11.1. The van der Waals surface area contributed by atoms with Gasteiger partial charge in [-0.15, -0.1) is 11.3 Å². The molecule has 0 aromatic carbocycles. The molecule has 0 aliphatic carbocycles. The summed E-state index contributed by atoms with van der Waals surface area (Å²) in [4.78, 5) is 28.1. The smallest absolute Gasteiger partial charge is 0.231 e. The van der Waals surface area contributed by atoms with Gasteiger partial charge in [0.05, 0.1) is 18.6 Å². The quantitative estimate of drug-likeness (QED) is 0.415. The Labute approximate surface area is 180 Å². The predicted octanol–water partition coefficient (Wildman–Crippen LogP) is 3.53. The zero-order chi connectivity index (χ0) is 21.6. The fourth-order valence-electron chi connectivity index (χ4n) is 4.44. The van der Waals surface area contributed by atoms with Gasteiger partial charge < -0.3 is 16.5 Å². The first kappa shape index (κ1) is 20.6. The molecule has 1 amide bonds. The second-order valence-corrected chi connectivity index (χ2v) is 9.42. The molecular formula is C22H28N6OS. The third kappa shape index (κ3) is 3.50. The van der Waals surface area contributed by atoms with Crippen LogP contribution in [0.4, 0.5) is 5.82 Å². The lowest BCUT2D eigenvalue weighted by Gasteiger charge is -2.38. The van der Waals surface area contributed by atoms with E-state index in [9.17, 15) is 4.79 Å². The molecule has 7 nitrogen and oxygen atoms in total. The third-order valence-corrected chi connectivity index (χ3v) is 7.15. The second-order valence-electron chi connectivity index (χ2n) is 8.36. The van der Waals surface area contributed by atoms with Crippen LogP contribution in [0.2, 0.25) is 0 Å². The average molecular weight is 425 g/mol. The number of aromatic amines is 1. The minimum Gasteiger partial charge on any atom is -0.390 e. The highest BCUT2D eigenvalue weighted by molar-refractivity contribution is 7.19. The lowest BCUT2D eigenvalue weighted by molar-refractivity contribution is -0.120. The summed E-state index contributed by atoms with van der Waals surface area (Å²) >= 11 is 1.83. The number of pyridine rings is 1. The van der Waals surface area contributed by atoms with Gasteiger partial charge in [0.2, 0.25) is 5.91 Å². The Morgan fingerprint density at radius 3 is 2.77 bits per heavy atom. The Morgan fingerprint density at radius 1 is 1.43 bits per heavy atom. The first-order valence-corrected chi connectivity index (χ1v) is 11.0. The van der Waals surface area contributed by atoms with E-state index in [4.69, 9.17) is 11.5 Å². The molecule has 0 saturated carbocycles. The maximum Gasteiger partial charge on any atom is 0.231 e. The second kappa shape index (κ2) is 7.85. The summed E-state index contributed by atoms with van der Waals surface area (Å²) in [5.74, 6) is 1.22. The molecule has 8 heteroatoms. The van der Waals surface area contributed by atoms with Crippen molar-refractivity contribution < 1.29 is 4.79 Å². The molecule has 5 N–H and O–H groups in total. The van der Waals surface area contributed by atoms with Gasteiger partial charge >= 0.3 is 0 Å². The van der Waals surface area contributed by atoms with Crippen LogP contribution < -0.4 is 11.5 Å². The molecule has 1 saturated heterocycles. The molecule has 3 aromatic heterocycles. The van der Waals surface area contributed by atoms with Crippen molar-refractivity contribution in [2.75, 3.05) is 19.6 Å². The summed E-state index contributed by atoms with van der Waals surface area (Å²) in [6.07, 6.45) is 3.13. The molecule has 0 bridgehead atoms. The summed E-state index contributed by atoms with van der Waals surface area (Å²) in [5.41, 5.74) is 16.6. The van der Waals surface area contributed by atoms with Gasteiger partial charge in [-0.05, 0) is 42.5 Å². The fraction of sp³-hybridized carbons (Fsp3) is 0.409. The Bertz CT molecular complexity index is 1140. The summed E-state index contributed by atoms with van der Waals surface area (Å²) in [7, 11) is 0. The number of carbonyl (C=O) groups is 1. The number of nitrogens with zero attached hydrogens (tertiary/aromatic N) is 3. The van der Waals surface area contributed by atoms with Crippen LogP contribution in [-0.2, 0) is 4.79 Å². The first-order valence-electron chi connectivity index (χ1n) is 10.2. The molecule has 0 spiro atoms. The van der Waals surface area contributed by atoms with Gasteiger partial charge in [0.25, 0.3) is 0 Å². The maximum atomic E-state index is 11.1. The normalized spacial score (nSPS) is 15.5. The minimum absolute atomic E-state index is 0.262. The van der Waals surface area contributed by atoms with Gasteiger partial charge in [-0.2, -0.15) is 0 Å². The van der Waals surface area contributed by atoms with Gasteiger partial charge in [0, 0.05) is 41.0 Å². The fourth-order valence-corrected chi connectivity index (χ4v) is 5.75. The molecule has 1 aliphatic rings. The number of aryl methyl sites for hydroxylation is 2. The van der Waals surface area contributed by atoms with Crippen molar-refractivity contribution in [2.24, 2.45) is 16.5 Å². The monoisotopic (exact) mass is 424 g/mol. The lowest BCUT2D eigenvalue weighted by atomic mass is 9.91. The van der Waals surface area contributed by atoms with Gasteiger partial charge in [0.1, 0.15) is 4.83 Å². The van der Waals surface area contributed by atoms with E-state index >= 15 is 0 Å². The van der Waals surface area contributed by atoms with Crippen molar-refractivity contribution in [1.29, 1.82) is 0 Å². The predicted molar refractivity (Wildman–Crippen MR) is 124 cm³/mol. The van der Waals surface area contributed by atoms with Crippen LogP contribution in [0.1, 0.15) is 47.3 Å². The Hall–Kier alpha value is -2.71. The third-order valence-electron chi connectivity index (χ3n) is 5.78. The number of H-pyrrole nitrogens is 1. The highest BCUT2D eigenvalue weighted by atomic mass is 32.1. The number of nitrogens with two attached hydrogens (primary N) is 2. The number of aromatic nitrogens is 2. The zero-order valence-corrected chi connectivity index (χ0v) is 18.6. The molecule has 3 aromatic rings. The van der Waals surface area contributed by atoms with Crippen LogP contribution in [0.15, 0.2) is 17.3 Å². The molecule has 4 heterocycles. The van der Waals surface area contributed by atoms with Crippen LogP contribution in [0.5, 0.6) is 0 Å². The van der Waals surface area contributed by atoms with Gasteiger partial charge in [-0.3, -0.25) is 9.69 Å². The number of thiophene rings is 1. The highest BCUT2D eigenvalue weighted by Gasteiger charge is 2.33. The Kier molecular flexibility index (Phi) is 5.38. The van der Waals surface area contributed by atoms with Crippen molar-refractivity contribution in [3.05, 3.63) is 33.8 Å². The van der Waals surface area contributed by atoms with E-state index in [1.165, 1.54) is 32.6 Å². The molecule has 4 rings (SSSR count). The molecule has 0 unspecified atom stereocenters. The molecule has 158 valence electrons. The van der Waals surface area contributed by atoms with Crippen molar-refractivity contribution in [3.63, 3.8) is 0 Å². The standard InChI is InChI=1S/C22H28N6OS/c1-11(2)17-18-13(4)20(15-7-28(8-15)9-16(24)29)30-22(18)27-19(17)14-5-12(3)21(25-6-14)26-10-23/h5-6,10-11,15,27H,7-9H2,1-4H3,(H2,24,29)(H2,23,25,26). The highest BCUT2D eigenvalue weighted by Crippen LogP contribution is 2.45. The van der Waals surface area contributed by atoms with Gasteiger partial charge in [-0.1, -0.05) is 13.8 Å². The van der Waals surface area contributed by atoms with Crippen LogP contribution >= 0.6 is 11.3 Å². The van der Waals surface area contributed by atoms with Gasteiger partial charge in [0.15, 0.2) is 5.82 Å². The number of carbonyl (C=O) groups excluding carboxylic acids is 1. The molecule has 30 heavy (non-hydrogen) atoms. The number of aliphatic imine (C=N–C) groups is 1. The summed E-state index contributed by atoms with van der Waals surface area (Å²) < 4.78 is 0. The number of hydrogen-bond donors (Lipinski definition) is 3. The van der Waals surface area contributed by atoms with Crippen LogP contribution in [0.25, 0.3) is 21.5 Å². The average Bonchev–Trinajstić information content (AvgIpc) is 3.16. The molecular weight excluding hydrogens is 396 g/mol. The SMILES string of the molecule is Cc1cc(-c2[nH]c3sc(C4CN(CC(N)=O)C4)c(C)c3c2C(C)C)cnc1N=CN.